The molecule has 2 aliphatic heterocycles. The number of aromatic nitrogens is 1. The summed E-state index contributed by atoms with van der Waals surface area (Å²) in [7, 11) is 0. The SMILES string of the molecule is O=C(NCc1ccc(F)cc1)c1ccc(N2CC3CC(C2)c2cccc(=O)n2C3)c(NC(=O)c2ccc(F)cc2)c1. The van der Waals surface area contributed by atoms with Crippen molar-refractivity contribution in [3.8, 4) is 0 Å². The van der Waals surface area contributed by atoms with Gasteiger partial charge in [-0.1, -0.05) is 18.2 Å². The van der Waals surface area contributed by atoms with Crippen molar-refractivity contribution in [1.82, 2.24) is 9.88 Å². The molecule has 0 saturated carbocycles. The molecule has 2 aliphatic rings. The average molecular weight is 555 g/mol. The third kappa shape index (κ3) is 5.61. The molecule has 2 amide bonds. The van der Waals surface area contributed by atoms with Crippen molar-refractivity contribution < 1.29 is 18.4 Å². The molecule has 41 heavy (non-hydrogen) atoms. The number of pyridine rings is 1. The zero-order valence-electron chi connectivity index (χ0n) is 22.1. The molecule has 1 aromatic heterocycles. The number of rotatable bonds is 6. The molecule has 3 aromatic carbocycles. The Kier molecular flexibility index (Phi) is 7.09. The molecule has 0 spiro atoms. The van der Waals surface area contributed by atoms with Gasteiger partial charge in [-0.25, -0.2) is 8.78 Å². The number of hydrogen-bond acceptors (Lipinski definition) is 4. The molecule has 1 saturated heterocycles. The van der Waals surface area contributed by atoms with Crippen molar-refractivity contribution in [3.63, 3.8) is 0 Å². The minimum atomic E-state index is -0.443. The van der Waals surface area contributed by atoms with Gasteiger partial charge in [0.25, 0.3) is 17.4 Å². The Morgan fingerprint density at radius 2 is 1.51 bits per heavy atom. The summed E-state index contributed by atoms with van der Waals surface area (Å²) in [5.41, 5.74) is 3.62. The summed E-state index contributed by atoms with van der Waals surface area (Å²) in [5, 5.41) is 5.77. The largest absolute Gasteiger partial charge is 0.369 e. The maximum Gasteiger partial charge on any atom is 0.255 e. The Labute approximate surface area is 235 Å². The van der Waals surface area contributed by atoms with E-state index >= 15 is 0 Å². The van der Waals surface area contributed by atoms with E-state index in [0.717, 1.165) is 23.4 Å². The van der Waals surface area contributed by atoms with Crippen LogP contribution in [0.25, 0.3) is 0 Å². The van der Waals surface area contributed by atoms with E-state index in [4.69, 9.17) is 0 Å². The van der Waals surface area contributed by atoms with Crippen molar-refractivity contribution in [2.24, 2.45) is 5.92 Å². The van der Waals surface area contributed by atoms with Crippen LogP contribution in [0.2, 0.25) is 0 Å². The number of amides is 2. The highest BCUT2D eigenvalue weighted by atomic mass is 19.1. The van der Waals surface area contributed by atoms with Crippen LogP contribution in [0.4, 0.5) is 20.2 Å². The quantitative estimate of drug-likeness (QED) is 0.354. The molecule has 2 bridgehead atoms. The van der Waals surface area contributed by atoms with E-state index in [1.807, 2.05) is 16.7 Å². The fourth-order valence-electron chi connectivity index (χ4n) is 5.83. The minimum Gasteiger partial charge on any atom is -0.369 e. The summed E-state index contributed by atoms with van der Waals surface area (Å²) in [6, 6.07) is 21.7. The summed E-state index contributed by atoms with van der Waals surface area (Å²) >= 11 is 0. The van der Waals surface area contributed by atoms with Gasteiger partial charge >= 0.3 is 0 Å². The van der Waals surface area contributed by atoms with Crippen LogP contribution in [-0.2, 0) is 13.1 Å². The second kappa shape index (κ2) is 11.0. The Morgan fingerprint density at radius 3 is 2.27 bits per heavy atom. The van der Waals surface area contributed by atoms with Crippen LogP contribution in [0.5, 0.6) is 0 Å². The summed E-state index contributed by atoms with van der Waals surface area (Å²) < 4.78 is 28.6. The molecule has 4 aromatic rings. The molecule has 0 radical (unpaired) electrons. The smallest absolute Gasteiger partial charge is 0.255 e. The molecule has 2 atom stereocenters. The standard InChI is InChI=1S/C32H28F2N4O3/c33-25-9-4-20(5-10-25)16-35-31(40)23-8-13-29(27(15-23)36-32(41)22-6-11-26(34)12-7-22)37-17-21-14-24(19-37)28-2-1-3-30(39)38(28)18-21/h1-13,15,21,24H,14,16-19H2,(H,35,40)(H,36,41). The molecule has 6 rings (SSSR count). The number of carbonyl (C=O) groups excluding carboxylic acids is 2. The zero-order chi connectivity index (χ0) is 28.5. The lowest BCUT2D eigenvalue weighted by Crippen LogP contribution is -2.47. The number of hydrogen-bond donors (Lipinski definition) is 2. The Bertz CT molecular complexity index is 1670. The van der Waals surface area contributed by atoms with Crippen LogP contribution in [0, 0.1) is 17.6 Å². The van der Waals surface area contributed by atoms with E-state index in [0.29, 0.717) is 30.9 Å². The number of nitrogens with zero attached hydrogens (tertiary/aromatic N) is 2. The number of benzene rings is 3. The first-order chi connectivity index (χ1) is 19.8. The van der Waals surface area contributed by atoms with E-state index in [1.165, 1.54) is 36.4 Å². The lowest BCUT2D eigenvalue weighted by Gasteiger charge is -2.44. The van der Waals surface area contributed by atoms with Gasteiger partial charge < -0.3 is 20.1 Å². The van der Waals surface area contributed by atoms with E-state index in [9.17, 15) is 23.2 Å². The molecule has 2 N–H and O–H groups in total. The van der Waals surface area contributed by atoms with Crippen molar-refractivity contribution in [3.05, 3.63) is 129 Å². The number of carbonyl (C=O) groups is 2. The maximum atomic E-state index is 13.5. The van der Waals surface area contributed by atoms with Crippen LogP contribution in [0.1, 0.15) is 44.3 Å². The molecule has 0 aliphatic carbocycles. The second-order valence-corrected chi connectivity index (χ2v) is 10.6. The second-order valence-electron chi connectivity index (χ2n) is 10.6. The van der Waals surface area contributed by atoms with Gasteiger partial charge in [0.1, 0.15) is 11.6 Å². The predicted octanol–water partition coefficient (Wildman–Crippen LogP) is 4.93. The van der Waals surface area contributed by atoms with E-state index < -0.39 is 11.7 Å². The first-order valence-electron chi connectivity index (χ1n) is 13.5. The third-order valence-electron chi connectivity index (χ3n) is 7.80. The average Bonchev–Trinajstić information content (AvgIpc) is 2.97. The fraction of sp³-hybridized carbons (Fsp3) is 0.219. The first kappa shape index (κ1) is 26.4. The van der Waals surface area contributed by atoms with Gasteiger partial charge in [0.2, 0.25) is 0 Å². The summed E-state index contributed by atoms with van der Waals surface area (Å²) in [6.45, 7) is 2.18. The molecule has 3 heterocycles. The van der Waals surface area contributed by atoms with Gasteiger partial charge in [-0.05, 0) is 78.6 Å². The highest BCUT2D eigenvalue weighted by molar-refractivity contribution is 6.07. The highest BCUT2D eigenvalue weighted by Crippen LogP contribution is 2.39. The van der Waals surface area contributed by atoms with E-state index in [2.05, 4.69) is 15.5 Å². The number of anilines is 2. The van der Waals surface area contributed by atoms with E-state index in [1.54, 1.807) is 36.4 Å². The van der Waals surface area contributed by atoms with Crippen LogP contribution < -0.4 is 21.1 Å². The number of piperidine rings is 1. The van der Waals surface area contributed by atoms with Gasteiger partial charge in [-0.15, -0.1) is 0 Å². The van der Waals surface area contributed by atoms with Gasteiger partial charge in [0, 0.05) is 55.0 Å². The topological polar surface area (TPSA) is 83.4 Å². The summed E-state index contributed by atoms with van der Waals surface area (Å²) in [4.78, 5) is 40.9. The molecular weight excluding hydrogens is 526 g/mol. The monoisotopic (exact) mass is 554 g/mol. The predicted molar refractivity (Wildman–Crippen MR) is 152 cm³/mol. The Balaban J connectivity index is 1.29. The normalized spacial score (nSPS) is 17.5. The molecule has 2 unspecified atom stereocenters. The van der Waals surface area contributed by atoms with E-state index in [-0.39, 0.29) is 41.2 Å². The molecule has 7 nitrogen and oxygen atoms in total. The van der Waals surface area contributed by atoms with Crippen LogP contribution in [0.3, 0.4) is 0 Å². The zero-order valence-corrected chi connectivity index (χ0v) is 22.1. The Morgan fingerprint density at radius 1 is 0.805 bits per heavy atom. The van der Waals surface area contributed by atoms with Crippen molar-refractivity contribution in [2.75, 3.05) is 23.3 Å². The maximum absolute atomic E-state index is 13.5. The summed E-state index contributed by atoms with van der Waals surface area (Å²) in [5.74, 6) is -1.17. The molecule has 9 heteroatoms. The molecular formula is C32H28F2N4O3. The van der Waals surface area contributed by atoms with Gasteiger partial charge in [-0.2, -0.15) is 0 Å². The number of fused-ring (bicyclic) bond motifs is 4. The third-order valence-corrected chi connectivity index (χ3v) is 7.80. The minimum absolute atomic E-state index is 0.00824. The lowest BCUT2D eigenvalue weighted by atomic mass is 9.83. The van der Waals surface area contributed by atoms with Crippen LogP contribution >= 0.6 is 0 Å². The Hall–Kier alpha value is -4.79. The van der Waals surface area contributed by atoms with Crippen molar-refractivity contribution in [2.45, 2.75) is 25.4 Å². The van der Waals surface area contributed by atoms with Crippen molar-refractivity contribution in [1.29, 1.82) is 0 Å². The fourth-order valence-corrected chi connectivity index (χ4v) is 5.83. The van der Waals surface area contributed by atoms with Gasteiger partial charge in [0.05, 0.1) is 11.4 Å². The molecule has 208 valence electrons. The highest BCUT2D eigenvalue weighted by Gasteiger charge is 2.35. The van der Waals surface area contributed by atoms with Gasteiger partial charge in [0.15, 0.2) is 0 Å². The lowest BCUT2D eigenvalue weighted by molar-refractivity contribution is 0.0949. The van der Waals surface area contributed by atoms with Crippen LogP contribution in [-0.4, -0.2) is 29.5 Å². The number of halogens is 2. The number of nitrogens with one attached hydrogen (secondary N) is 2. The van der Waals surface area contributed by atoms with Gasteiger partial charge in [-0.3, -0.25) is 14.4 Å². The van der Waals surface area contributed by atoms with Crippen LogP contribution in [0.15, 0.2) is 89.7 Å². The first-order valence-corrected chi connectivity index (χ1v) is 13.5. The molecule has 1 fully saturated rings. The van der Waals surface area contributed by atoms with Crippen molar-refractivity contribution >= 4 is 23.2 Å². The summed E-state index contributed by atoms with van der Waals surface area (Å²) in [6.07, 6.45) is 0.973.